The van der Waals surface area contributed by atoms with Gasteiger partial charge in [-0.1, -0.05) is 54.4 Å². The normalized spacial score (nSPS) is 15.5. The van der Waals surface area contributed by atoms with Crippen molar-refractivity contribution in [3.63, 3.8) is 0 Å². The summed E-state index contributed by atoms with van der Waals surface area (Å²) in [5, 5.41) is 14.7. The zero-order valence-electron chi connectivity index (χ0n) is 18.5. The van der Waals surface area contributed by atoms with E-state index in [9.17, 15) is 14.9 Å². The van der Waals surface area contributed by atoms with Crippen molar-refractivity contribution in [2.45, 2.75) is 20.0 Å². The van der Waals surface area contributed by atoms with E-state index in [-0.39, 0.29) is 34.0 Å². The van der Waals surface area contributed by atoms with Crippen molar-refractivity contribution in [2.24, 2.45) is 4.99 Å². The molecule has 1 aliphatic heterocycles. The van der Waals surface area contributed by atoms with Gasteiger partial charge in [-0.3, -0.25) is 14.9 Å². The van der Waals surface area contributed by atoms with Crippen LogP contribution < -0.4 is 10.1 Å². The number of aryl methyl sites for hydroxylation is 1. The van der Waals surface area contributed by atoms with E-state index in [2.05, 4.69) is 17.2 Å². The molecule has 35 heavy (non-hydrogen) atoms. The number of nitrogens with one attached hydrogen (secondary N) is 1. The number of hydrogen-bond donors (Lipinski definition) is 1. The van der Waals surface area contributed by atoms with Gasteiger partial charge in [-0.2, -0.15) is 0 Å². The highest BCUT2D eigenvalue weighted by Gasteiger charge is 2.24. The smallest absolute Gasteiger partial charge is 0.269 e. The summed E-state index contributed by atoms with van der Waals surface area (Å²) in [6.07, 6.45) is 2.61. The molecule has 0 aliphatic carbocycles. The predicted octanol–water partition coefficient (Wildman–Crippen LogP) is 6.93. The molecule has 1 aliphatic rings. The van der Waals surface area contributed by atoms with Gasteiger partial charge < -0.3 is 10.1 Å². The van der Waals surface area contributed by atoms with Crippen LogP contribution in [0.25, 0.3) is 6.08 Å². The fourth-order valence-corrected chi connectivity index (χ4v) is 4.73. The van der Waals surface area contributed by atoms with Crippen LogP contribution in [0, 0.1) is 10.1 Å². The highest BCUT2D eigenvalue weighted by molar-refractivity contribution is 8.18. The lowest BCUT2D eigenvalue weighted by molar-refractivity contribution is -0.384. The lowest BCUT2D eigenvalue weighted by Gasteiger charge is -2.11. The number of carbonyl (C=O) groups excluding carboxylic acids is 1. The highest BCUT2D eigenvalue weighted by atomic mass is 35.5. The largest absolute Gasteiger partial charge is 0.486 e. The molecule has 1 heterocycles. The lowest BCUT2D eigenvalue weighted by atomic mass is 10.2. The second-order valence-corrected chi connectivity index (χ2v) is 9.38. The van der Waals surface area contributed by atoms with Gasteiger partial charge in [0, 0.05) is 12.1 Å². The van der Waals surface area contributed by atoms with Crippen molar-refractivity contribution in [1.82, 2.24) is 5.32 Å². The zero-order chi connectivity index (χ0) is 24.9. The highest BCUT2D eigenvalue weighted by Crippen LogP contribution is 2.37. The Kier molecular flexibility index (Phi) is 7.75. The Morgan fingerprint density at radius 2 is 1.80 bits per heavy atom. The predicted molar refractivity (Wildman–Crippen MR) is 141 cm³/mol. The van der Waals surface area contributed by atoms with Gasteiger partial charge >= 0.3 is 0 Å². The Labute approximate surface area is 216 Å². The van der Waals surface area contributed by atoms with Gasteiger partial charge in [0.15, 0.2) is 10.9 Å². The van der Waals surface area contributed by atoms with E-state index in [4.69, 9.17) is 27.9 Å². The van der Waals surface area contributed by atoms with Gasteiger partial charge in [0.25, 0.3) is 11.6 Å². The molecule has 4 rings (SSSR count). The van der Waals surface area contributed by atoms with Crippen molar-refractivity contribution in [1.29, 1.82) is 0 Å². The molecule has 0 saturated carbocycles. The van der Waals surface area contributed by atoms with Crippen LogP contribution in [0.1, 0.15) is 23.6 Å². The fraction of sp³-hybridized carbons (Fsp3) is 0.120. The third kappa shape index (κ3) is 6.22. The molecule has 3 aromatic carbocycles. The van der Waals surface area contributed by atoms with Crippen molar-refractivity contribution in [2.75, 3.05) is 0 Å². The summed E-state index contributed by atoms with van der Waals surface area (Å²) in [6.45, 7) is 2.14. The minimum atomic E-state index is -0.471. The Hall–Kier alpha value is -3.33. The molecule has 3 aromatic rings. The number of benzene rings is 3. The van der Waals surface area contributed by atoms with Crippen LogP contribution in [0.3, 0.4) is 0 Å². The number of aliphatic imine (C=N–C) groups is 1. The van der Waals surface area contributed by atoms with Crippen molar-refractivity contribution < 1.29 is 14.5 Å². The molecule has 0 unspecified atom stereocenters. The number of nitro groups is 1. The Morgan fingerprint density at radius 3 is 2.46 bits per heavy atom. The number of hydrogen-bond acceptors (Lipinski definition) is 6. The second kappa shape index (κ2) is 10.9. The number of amidine groups is 1. The molecule has 1 amide bonds. The Morgan fingerprint density at radius 1 is 1.09 bits per heavy atom. The minimum Gasteiger partial charge on any atom is -0.486 e. The zero-order valence-corrected chi connectivity index (χ0v) is 20.8. The van der Waals surface area contributed by atoms with Gasteiger partial charge in [0.2, 0.25) is 0 Å². The van der Waals surface area contributed by atoms with Crippen LogP contribution in [-0.2, 0) is 17.8 Å². The van der Waals surface area contributed by atoms with Crippen LogP contribution in [-0.4, -0.2) is 16.0 Å². The number of nitro benzene ring substituents is 1. The number of carbonyl (C=O) groups is 1. The maximum atomic E-state index is 12.4. The SMILES string of the molecule is CCc1ccc(N=C2NC(=O)/C(=C/c3cc(Cl)c(OCc4cccc([N+](=O)[O-])c4)c(Cl)c3)S2)cc1. The van der Waals surface area contributed by atoms with Crippen molar-refractivity contribution >= 4 is 63.5 Å². The summed E-state index contributed by atoms with van der Waals surface area (Å²) >= 11 is 14.0. The summed E-state index contributed by atoms with van der Waals surface area (Å²) < 4.78 is 5.72. The number of amides is 1. The molecule has 10 heteroatoms. The average Bonchev–Trinajstić information content (AvgIpc) is 3.17. The number of halogens is 2. The van der Waals surface area contributed by atoms with Crippen LogP contribution in [0.2, 0.25) is 10.0 Å². The summed E-state index contributed by atoms with van der Waals surface area (Å²) in [6, 6.07) is 17.2. The van der Waals surface area contributed by atoms with E-state index in [1.54, 1.807) is 30.3 Å². The third-order valence-electron chi connectivity index (χ3n) is 5.05. The number of non-ortho nitro benzene ring substituents is 1. The molecular weight excluding hydrogens is 509 g/mol. The van der Waals surface area contributed by atoms with Crippen LogP contribution in [0.4, 0.5) is 11.4 Å². The number of ether oxygens (including phenoxy) is 1. The first-order valence-electron chi connectivity index (χ1n) is 10.6. The first-order chi connectivity index (χ1) is 16.8. The van der Waals surface area contributed by atoms with Crippen molar-refractivity contribution in [3.05, 3.63) is 102 Å². The maximum Gasteiger partial charge on any atom is 0.269 e. The summed E-state index contributed by atoms with van der Waals surface area (Å²) in [5.41, 5.74) is 3.16. The second-order valence-electron chi connectivity index (χ2n) is 7.53. The molecule has 0 atom stereocenters. The van der Waals surface area contributed by atoms with E-state index >= 15 is 0 Å². The molecule has 0 spiro atoms. The van der Waals surface area contributed by atoms with E-state index in [0.29, 0.717) is 21.2 Å². The van der Waals surface area contributed by atoms with Gasteiger partial charge in [-0.15, -0.1) is 0 Å². The van der Waals surface area contributed by atoms with Crippen LogP contribution in [0.5, 0.6) is 5.75 Å². The van der Waals surface area contributed by atoms with E-state index < -0.39 is 4.92 Å². The minimum absolute atomic E-state index is 0.0292. The molecule has 1 fully saturated rings. The molecule has 0 aromatic heterocycles. The number of rotatable bonds is 7. The van der Waals surface area contributed by atoms with E-state index in [1.807, 2.05) is 24.3 Å². The molecule has 1 N–H and O–H groups in total. The Balaban J connectivity index is 1.48. The van der Waals surface area contributed by atoms with Crippen LogP contribution >= 0.6 is 35.0 Å². The molecule has 178 valence electrons. The molecular formula is C25H19Cl2N3O4S. The maximum absolute atomic E-state index is 12.4. The number of nitrogens with zero attached hydrogens (tertiary/aromatic N) is 2. The summed E-state index contributed by atoms with van der Waals surface area (Å²) in [5.74, 6) is -0.0135. The molecule has 1 saturated heterocycles. The van der Waals surface area contributed by atoms with E-state index in [0.717, 1.165) is 12.1 Å². The van der Waals surface area contributed by atoms with Crippen molar-refractivity contribution in [3.8, 4) is 5.75 Å². The summed E-state index contributed by atoms with van der Waals surface area (Å²) in [4.78, 5) is 27.9. The third-order valence-corrected chi connectivity index (χ3v) is 6.52. The van der Waals surface area contributed by atoms with Gasteiger partial charge in [-0.25, -0.2) is 4.99 Å². The quantitative estimate of drug-likeness (QED) is 0.204. The lowest BCUT2D eigenvalue weighted by Crippen LogP contribution is -2.19. The fourth-order valence-electron chi connectivity index (χ4n) is 3.27. The molecule has 0 bridgehead atoms. The topological polar surface area (TPSA) is 93.8 Å². The first kappa shape index (κ1) is 24.8. The molecule has 7 nitrogen and oxygen atoms in total. The van der Waals surface area contributed by atoms with Gasteiger partial charge in [-0.05, 0) is 65.2 Å². The molecule has 0 radical (unpaired) electrons. The summed E-state index contributed by atoms with van der Waals surface area (Å²) in [7, 11) is 0. The standard InChI is InChI=1S/C25H19Cl2N3O4S/c1-2-15-6-8-18(9-7-15)28-25-29-24(31)22(35-25)13-17-11-20(26)23(21(27)12-17)34-14-16-4-3-5-19(10-16)30(32)33/h3-13H,2,14H2,1H3,(H,28,29,31)/b22-13-. The first-order valence-corrected chi connectivity index (χ1v) is 12.1. The van der Waals surface area contributed by atoms with Crippen LogP contribution in [0.15, 0.2) is 70.6 Å². The monoisotopic (exact) mass is 527 g/mol. The number of thioether (sulfide) groups is 1. The average molecular weight is 528 g/mol. The Bertz CT molecular complexity index is 1330. The van der Waals surface area contributed by atoms with E-state index in [1.165, 1.54) is 29.5 Å². The van der Waals surface area contributed by atoms with Gasteiger partial charge in [0.05, 0.1) is 25.6 Å². The van der Waals surface area contributed by atoms with Gasteiger partial charge in [0.1, 0.15) is 6.61 Å².